The molecule has 1 saturated heterocycles. The molecule has 1 aromatic carbocycles. The number of carbonyl (C=O) groups is 1. The average Bonchev–Trinajstić information content (AvgIpc) is 3.56. The summed E-state index contributed by atoms with van der Waals surface area (Å²) >= 11 is 1.43. The Labute approximate surface area is 181 Å². The summed E-state index contributed by atoms with van der Waals surface area (Å²) in [6.07, 6.45) is 3.77. The highest BCUT2D eigenvalue weighted by Gasteiger charge is 2.23. The fraction of sp³-hybridized carbons (Fsp3) is 0.273. The first-order chi connectivity index (χ1) is 15.2. The molecule has 0 atom stereocenters. The Balaban J connectivity index is 1.48. The van der Waals surface area contributed by atoms with Crippen LogP contribution in [-0.2, 0) is 22.7 Å². The molecular formula is C22H20N4O4S. The fourth-order valence-electron chi connectivity index (χ4n) is 3.58. The van der Waals surface area contributed by atoms with Crippen molar-refractivity contribution in [1.29, 1.82) is 0 Å². The van der Waals surface area contributed by atoms with Crippen LogP contribution < -0.4 is 10.5 Å². The van der Waals surface area contributed by atoms with Crippen molar-refractivity contribution < 1.29 is 13.9 Å². The molecular weight excluding hydrogens is 416 g/mol. The molecule has 1 aliphatic rings. The molecule has 0 spiro atoms. The number of carbonyl (C=O) groups excluding carboxylic acids is 1. The highest BCUT2D eigenvalue weighted by Crippen LogP contribution is 2.35. The van der Waals surface area contributed by atoms with E-state index < -0.39 is 11.5 Å². The minimum Gasteiger partial charge on any atom is -0.463 e. The van der Waals surface area contributed by atoms with Gasteiger partial charge < -0.3 is 14.1 Å². The van der Waals surface area contributed by atoms with E-state index in [9.17, 15) is 9.59 Å². The zero-order chi connectivity index (χ0) is 21.2. The largest absolute Gasteiger partial charge is 0.463 e. The Hall–Kier alpha value is -3.46. The van der Waals surface area contributed by atoms with Crippen LogP contribution in [0.15, 0.2) is 57.9 Å². The third-order valence-corrected chi connectivity index (χ3v) is 6.26. The third kappa shape index (κ3) is 3.96. The van der Waals surface area contributed by atoms with Gasteiger partial charge in [0.1, 0.15) is 18.8 Å². The van der Waals surface area contributed by atoms with Crippen LogP contribution in [0.1, 0.15) is 18.4 Å². The molecule has 0 amide bonds. The average molecular weight is 436 g/mol. The first-order valence-electron chi connectivity index (χ1n) is 10.1. The van der Waals surface area contributed by atoms with Crippen molar-refractivity contribution in [1.82, 2.24) is 14.8 Å². The predicted octanol–water partition coefficient (Wildman–Crippen LogP) is 3.46. The molecule has 0 radical (unpaired) electrons. The molecule has 1 aliphatic heterocycles. The van der Waals surface area contributed by atoms with Gasteiger partial charge in [-0.15, -0.1) is 0 Å². The maximum absolute atomic E-state index is 13.1. The standard InChI is InChI=1S/C22H20N4O4S/c27-17(30-14-15-7-2-1-3-8-15)13-26-21(28)19-20(18(24-26)16-9-6-12-29-16)31-22(23-19)25-10-4-5-11-25/h1-3,6-9,12H,4-5,10-11,13-14H2. The molecule has 31 heavy (non-hydrogen) atoms. The first-order valence-corrected chi connectivity index (χ1v) is 10.9. The Morgan fingerprint density at radius 2 is 1.94 bits per heavy atom. The molecule has 1 fully saturated rings. The molecule has 0 bridgehead atoms. The number of rotatable bonds is 6. The number of esters is 1. The number of furan rings is 1. The van der Waals surface area contributed by atoms with Crippen molar-refractivity contribution in [2.75, 3.05) is 18.0 Å². The second-order valence-electron chi connectivity index (χ2n) is 7.30. The number of hydrogen-bond acceptors (Lipinski definition) is 8. The van der Waals surface area contributed by atoms with E-state index in [1.54, 1.807) is 18.4 Å². The smallest absolute Gasteiger partial charge is 0.328 e. The summed E-state index contributed by atoms with van der Waals surface area (Å²) in [6.45, 7) is 1.68. The van der Waals surface area contributed by atoms with Gasteiger partial charge >= 0.3 is 5.97 Å². The molecule has 0 aliphatic carbocycles. The summed E-state index contributed by atoms with van der Waals surface area (Å²) in [5.74, 6) is -0.0220. The van der Waals surface area contributed by atoms with Crippen LogP contribution in [0.2, 0.25) is 0 Å². The summed E-state index contributed by atoms with van der Waals surface area (Å²) in [5.41, 5.74) is 1.25. The van der Waals surface area contributed by atoms with Crippen molar-refractivity contribution in [3.63, 3.8) is 0 Å². The highest BCUT2D eigenvalue weighted by molar-refractivity contribution is 7.22. The highest BCUT2D eigenvalue weighted by atomic mass is 32.1. The topological polar surface area (TPSA) is 90.5 Å². The molecule has 8 nitrogen and oxygen atoms in total. The molecule has 9 heteroatoms. The zero-order valence-electron chi connectivity index (χ0n) is 16.7. The monoisotopic (exact) mass is 436 g/mol. The van der Waals surface area contributed by atoms with Crippen LogP contribution in [0.25, 0.3) is 21.7 Å². The van der Waals surface area contributed by atoms with E-state index in [1.165, 1.54) is 11.3 Å². The van der Waals surface area contributed by atoms with Crippen molar-refractivity contribution in [3.8, 4) is 11.5 Å². The number of fused-ring (bicyclic) bond motifs is 1. The molecule has 4 aromatic rings. The second-order valence-corrected chi connectivity index (χ2v) is 8.28. The van der Waals surface area contributed by atoms with Gasteiger partial charge in [0.2, 0.25) is 0 Å². The number of anilines is 1. The Morgan fingerprint density at radius 1 is 1.13 bits per heavy atom. The zero-order valence-corrected chi connectivity index (χ0v) is 17.5. The number of nitrogens with zero attached hydrogens (tertiary/aromatic N) is 4. The molecule has 0 saturated carbocycles. The number of thiazole rings is 1. The van der Waals surface area contributed by atoms with E-state index in [0.29, 0.717) is 21.7 Å². The lowest BCUT2D eigenvalue weighted by Gasteiger charge is -2.11. The van der Waals surface area contributed by atoms with Crippen LogP contribution in [0.4, 0.5) is 5.13 Å². The molecule has 158 valence electrons. The van der Waals surface area contributed by atoms with Gasteiger partial charge in [0, 0.05) is 13.1 Å². The minimum atomic E-state index is -0.543. The number of ether oxygens (including phenoxy) is 1. The minimum absolute atomic E-state index is 0.136. The van der Waals surface area contributed by atoms with Crippen LogP contribution in [0, 0.1) is 0 Å². The molecule has 0 N–H and O–H groups in total. The summed E-state index contributed by atoms with van der Waals surface area (Å²) < 4.78 is 12.6. The van der Waals surface area contributed by atoms with Crippen molar-refractivity contribution in [3.05, 3.63) is 64.6 Å². The van der Waals surface area contributed by atoms with Gasteiger partial charge in [0.25, 0.3) is 5.56 Å². The molecule has 5 rings (SSSR count). The number of aromatic nitrogens is 3. The lowest BCUT2D eigenvalue weighted by Crippen LogP contribution is -2.28. The van der Waals surface area contributed by atoms with Gasteiger partial charge in [-0.2, -0.15) is 5.10 Å². The SMILES string of the molecule is O=C(Cn1nc(-c2ccco2)c2sc(N3CCCC3)nc2c1=O)OCc1ccccc1. The summed E-state index contributed by atoms with van der Waals surface area (Å²) in [7, 11) is 0. The molecule has 0 unspecified atom stereocenters. The summed E-state index contributed by atoms with van der Waals surface area (Å²) in [5, 5.41) is 5.23. The Bertz CT molecular complexity index is 1260. The van der Waals surface area contributed by atoms with E-state index >= 15 is 0 Å². The fourth-order valence-corrected chi connectivity index (χ4v) is 4.68. The van der Waals surface area contributed by atoms with E-state index in [-0.39, 0.29) is 13.2 Å². The van der Waals surface area contributed by atoms with Gasteiger partial charge in [-0.05, 0) is 30.5 Å². The first kappa shape index (κ1) is 19.5. The van der Waals surface area contributed by atoms with E-state index in [0.717, 1.165) is 41.3 Å². The maximum Gasteiger partial charge on any atom is 0.328 e. The van der Waals surface area contributed by atoms with E-state index in [1.807, 2.05) is 30.3 Å². The van der Waals surface area contributed by atoms with Crippen LogP contribution in [0.5, 0.6) is 0 Å². The predicted molar refractivity (Wildman–Crippen MR) is 117 cm³/mol. The molecule has 4 heterocycles. The maximum atomic E-state index is 13.1. The van der Waals surface area contributed by atoms with Crippen molar-refractivity contribution >= 4 is 32.7 Å². The summed E-state index contributed by atoms with van der Waals surface area (Å²) in [4.78, 5) is 32.3. The lowest BCUT2D eigenvalue weighted by molar-refractivity contribution is -0.146. The van der Waals surface area contributed by atoms with E-state index in [4.69, 9.17) is 9.15 Å². The lowest BCUT2D eigenvalue weighted by atomic mass is 10.2. The third-order valence-electron chi connectivity index (χ3n) is 5.14. The summed E-state index contributed by atoms with van der Waals surface area (Å²) in [6, 6.07) is 12.9. The number of hydrogen-bond donors (Lipinski definition) is 0. The van der Waals surface area contributed by atoms with Crippen LogP contribution in [-0.4, -0.2) is 33.8 Å². The van der Waals surface area contributed by atoms with Crippen LogP contribution in [0.3, 0.4) is 0 Å². The van der Waals surface area contributed by atoms with Crippen molar-refractivity contribution in [2.24, 2.45) is 0 Å². The second kappa shape index (κ2) is 8.35. The van der Waals surface area contributed by atoms with Gasteiger partial charge in [-0.25, -0.2) is 9.67 Å². The van der Waals surface area contributed by atoms with Gasteiger partial charge in [0.05, 0.1) is 11.0 Å². The van der Waals surface area contributed by atoms with Gasteiger partial charge in [-0.1, -0.05) is 41.7 Å². The Kier molecular flexibility index (Phi) is 5.25. The van der Waals surface area contributed by atoms with E-state index in [2.05, 4.69) is 15.0 Å². The normalized spacial score (nSPS) is 13.7. The van der Waals surface area contributed by atoms with Gasteiger partial charge in [0.15, 0.2) is 16.4 Å². The van der Waals surface area contributed by atoms with Crippen molar-refractivity contribution in [2.45, 2.75) is 26.0 Å². The quantitative estimate of drug-likeness (QED) is 0.428. The Morgan fingerprint density at radius 3 is 2.68 bits per heavy atom. The number of benzene rings is 1. The van der Waals surface area contributed by atoms with Gasteiger partial charge in [-0.3, -0.25) is 9.59 Å². The molecule has 3 aromatic heterocycles. The van der Waals surface area contributed by atoms with Crippen LogP contribution >= 0.6 is 11.3 Å².